The van der Waals surface area contributed by atoms with Gasteiger partial charge in [-0.25, -0.2) is 8.78 Å². The highest BCUT2D eigenvalue weighted by molar-refractivity contribution is 5.87. The van der Waals surface area contributed by atoms with Crippen molar-refractivity contribution in [1.82, 2.24) is 9.80 Å². The molecule has 0 N–H and O–H groups in total. The summed E-state index contributed by atoms with van der Waals surface area (Å²) < 4.78 is 24.7. The molecule has 2 aliphatic heterocycles. The van der Waals surface area contributed by atoms with Gasteiger partial charge in [0.25, 0.3) is 0 Å². The van der Waals surface area contributed by atoms with Crippen molar-refractivity contribution in [1.29, 1.82) is 0 Å². The van der Waals surface area contributed by atoms with E-state index in [1.807, 2.05) is 0 Å². The van der Waals surface area contributed by atoms with Crippen LogP contribution in [0.2, 0.25) is 0 Å². The van der Waals surface area contributed by atoms with E-state index in [1.165, 1.54) is 11.0 Å². The lowest BCUT2D eigenvalue weighted by atomic mass is 9.91. The van der Waals surface area contributed by atoms with Gasteiger partial charge < -0.3 is 9.80 Å². The van der Waals surface area contributed by atoms with Gasteiger partial charge >= 0.3 is 0 Å². The van der Waals surface area contributed by atoms with Gasteiger partial charge in [-0.3, -0.25) is 9.59 Å². The summed E-state index contributed by atoms with van der Waals surface area (Å²) in [6, 6.07) is 0. The van der Waals surface area contributed by atoms with E-state index in [0.717, 1.165) is 0 Å². The van der Waals surface area contributed by atoms with Crippen molar-refractivity contribution in [2.45, 2.75) is 19.3 Å². The Hall–Kier alpha value is -1.46. The van der Waals surface area contributed by atoms with Crippen LogP contribution in [-0.2, 0) is 9.59 Å². The number of likely N-dealkylation sites (tertiary alicyclic amines) is 2. The van der Waals surface area contributed by atoms with E-state index >= 15 is 0 Å². The van der Waals surface area contributed by atoms with Crippen molar-refractivity contribution in [3.05, 3.63) is 12.7 Å². The SMILES string of the molecule is C=CC(=O)N1CCC(C(=O)N2CC(C(F)F)C2)CC1. The van der Waals surface area contributed by atoms with Crippen molar-refractivity contribution < 1.29 is 18.4 Å². The second-order valence-corrected chi connectivity index (χ2v) is 5.14. The van der Waals surface area contributed by atoms with E-state index in [2.05, 4.69) is 6.58 Å². The highest BCUT2D eigenvalue weighted by Gasteiger charge is 2.39. The topological polar surface area (TPSA) is 40.6 Å². The Labute approximate surface area is 111 Å². The molecule has 0 radical (unpaired) electrons. The maximum Gasteiger partial charge on any atom is 0.245 e. The summed E-state index contributed by atoms with van der Waals surface area (Å²) in [6.45, 7) is 4.84. The van der Waals surface area contributed by atoms with Crippen LogP contribution >= 0.6 is 0 Å². The number of carbonyl (C=O) groups is 2. The Morgan fingerprint density at radius 2 is 1.74 bits per heavy atom. The number of hydrogen-bond donors (Lipinski definition) is 0. The third-order valence-electron chi connectivity index (χ3n) is 3.91. The molecule has 0 saturated carbocycles. The van der Waals surface area contributed by atoms with E-state index in [0.29, 0.717) is 25.9 Å². The van der Waals surface area contributed by atoms with E-state index in [4.69, 9.17) is 0 Å². The zero-order chi connectivity index (χ0) is 14.0. The van der Waals surface area contributed by atoms with Crippen molar-refractivity contribution in [2.24, 2.45) is 11.8 Å². The zero-order valence-electron chi connectivity index (χ0n) is 10.7. The number of hydrogen-bond acceptors (Lipinski definition) is 2. The quantitative estimate of drug-likeness (QED) is 0.723. The van der Waals surface area contributed by atoms with Gasteiger partial charge in [0.2, 0.25) is 18.2 Å². The number of amides is 2. The molecule has 2 heterocycles. The Bertz CT molecular complexity index is 373. The lowest BCUT2D eigenvalue weighted by Crippen LogP contribution is -2.55. The minimum absolute atomic E-state index is 0.0393. The fraction of sp³-hybridized carbons (Fsp3) is 0.692. The van der Waals surface area contributed by atoms with Crippen LogP contribution in [-0.4, -0.2) is 54.2 Å². The molecule has 0 unspecified atom stereocenters. The number of piperidine rings is 1. The summed E-state index contributed by atoms with van der Waals surface area (Å²) in [4.78, 5) is 26.6. The van der Waals surface area contributed by atoms with Crippen molar-refractivity contribution in [2.75, 3.05) is 26.2 Å². The average Bonchev–Trinajstić information content (AvgIpc) is 2.35. The van der Waals surface area contributed by atoms with Crippen molar-refractivity contribution >= 4 is 11.8 Å². The second kappa shape index (κ2) is 5.67. The summed E-state index contributed by atoms with van der Waals surface area (Å²) in [5, 5.41) is 0. The molecule has 0 aliphatic carbocycles. The molecule has 2 fully saturated rings. The van der Waals surface area contributed by atoms with Crippen LogP contribution < -0.4 is 0 Å². The molecule has 0 aromatic carbocycles. The maximum atomic E-state index is 12.3. The first-order valence-electron chi connectivity index (χ1n) is 6.51. The molecular weight excluding hydrogens is 254 g/mol. The van der Waals surface area contributed by atoms with Crippen molar-refractivity contribution in [3.63, 3.8) is 0 Å². The van der Waals surface area contributed by atoms with Crippen LogP contribution in [0.25, 0.3) is 0 Å². The molecule has 0 spiro atoms. The summed E-state index contributed by atoms with van der Waals surface area (Å²) in [6.07, 6.45) is 0.143. The highest BCUT2D eigenvalue weighted by atomic mass is 19.3. The van der Waals surface area contributed by atoms with E-state index in [9.17, 15) is 18.4 Å². The molecule has 0 aromatic heterocycles. The maximum absolute atomic E-state index is 12.3. The minimum Gasteiger partial charge on any atom is -0.341 e. The first-order chi connectivity index (χ1) is 9.02. The second-order valence-electron chi connectivity index (χ2n) is 5.14. The Morgan fingerprint density at radius 3 is 2.21 bits per heavy atom. The van der Waals surface area contributed by atoms with Gasteiger partial charge in [0.15, 0.2) is 0 Å². The first kappa shape index (κ1) is 14.0. The first-order valence-corrected chi connectivity index (χ1v) is 6.51. The third kappa shape index (κ3) is 2.93. The largest absolute Gasteiger partial charge is 0.341 e. The average molecular weight is 272 g/mol. The normalized spacial score (nSPS) is 21.4. The predicted molar refractivity (Wildman–Crippen MR) is 65.6 cm³/mol. The Balaban J connectivity index is 1.77. The Kier molecular flexibility index (Phi) is 4.17. The molecule has 2 aliphatic rings. The number of carbonyl (C=O) groups excluding carboxylic acids is 2. The van der Waals surface area contributed by atoms with Crippen LogP contribution in [0.1, 0.15) is 12.8 Å². The Morgan fingerprint density at radius 1 is 1.16 bits per heavy atom. The molecule has 19 heavy (non-hydrogen) atoms. The summed E-state index contributed by atoms with van der Waals surface area (Å²) >= 11 is 0. The van der Waals surface area contributed by atoms with Gasteiger partial charge in [0, 0.05) is 32.1 Å². The molecule has 2 saturated heterocycles. The zero-order valence-corrected chi connectivity index (χ0v) is 10.7. The third-order valence-corrected chi connectivity index (χ3v) is 3.91. The van der Waals surface area contributed by atoms with Crippen LogP contribution in [0, 0.1) is 11.8 Å². The number of alkyl halides is 2. The van der Waals surface area contributed by atoms with Gasteiger partial charge in [0.05, 0.1) is 5.92 Å². The molecule has 0 aromatic rings. The van der Waals surface area contributed by atoms with Crippen LogP contribution in [0.5, 0.6) is 0 Å². The number of rotatable bonds is 3. The van der Waals surface area contributed by atoms with E-state index in [-0.39, 0.29) is 30.8 Å². The monoisotopic (exact) mass is 272 g/mol. The van der Waals surface area contributed by atoms with Crippen LogP contribution in [0.15, 0.2) is 12.7 Å². The van der Waals surface area contributed by atoms with Gasteiger partial charge in [-0.1, -0.05) is 6.58 Å². The summed E-state index contributed by atoms with van der Waals surface area (Å²) in [5.41, 5.74) is 0. The molecule has 4 nitrogen and oxygen atoms in total. The lowest BCUT2D eigenvalue weighted by molar-refractivity contribution is -0.148. The molecule has 106 valence electrons. The molecule has 2 rings (SSSR count). The number of halogens is 2. The van der Waals surface area contributed by atoms with Gasteiger partial charge in [-0.2, -0.15) is 0 Å². The highest BCUT2D eigenvalue weighted by Crippen LogP contribution is 2.27. The summed E-state index contributed by atoms with van der Waals surface area (Å²) in [5.74, 6) is -0.950. The smallest absolute Gasteiger partial charge is 0.245 e. The molecule has 0 atom stereocenters. The van der Waals surface area contributed by atoms with Gasteiger partial charge in [0.1, 0.15) is 0 Å². The van der Waals surface area contributed by atoms with Crippen LogP contribution in [0.4, 0.5) is 8.78 Å². The minimum atomic E-state index is -2.34. The lowest BCUT2D eigenvalue weighted by Gasteiger charge is -2.42. The molecule has 2 amide bonds. The van der Waals surface area contributed by atoms with Gasteiger partial charge in [-0.15, -0.1) is 0 Å². The van der Waals surface area contributed by atoms with Gasteiger partial charge in [-0.05, 0) is 18.9 Å². The molecule has 0 bridgehead atoms. The number of nitrogens with zero attached hydrogens (tertiary/aromatic N) is 2. The standard InChI is InChI=1S/C13H18F2N2O2/c1-2-11(18)16-5-3-9(4-6-16)13(19)17-7-10(8-17)12(14)15/h2,9-10,12H,1,3-8H2. The van der Waals surface area contributed by atoms with E-state index in [1.54, 1.807) is 4.90 Å². The predicted octanol–water partition coefficient (Wildman–Crippen LogP) is 1.13. The summed E-state index contributed by atoms with van der Waals surface area (Å²) in [7, 11) is 0. The molecule has 6 heteroatoms. The fourth-order valence-electron chi connectivity index (χ4n) is 2.59. The van der Waals surface area contributed by atoms with E-state index < -0.39 is 12.3 Å². The molecular formula is C13H18F2N2O2. The fourth-order valence-corrected chi connectivity index (χ4v) is 2.59. The van der Waals surface area contributed by atoms with Crippen molar-refractivity contribution in [3.8, 4) is 0 Å². The van der Waals surface area contributed by atoms with Crippen LogP contribution in [0.3, 0.4) is 0 Å².